The monoisotopic (exact) mass is 431 g/mol. The van der Waals surface area contributed by atoms with Crippen LogP contribution in [0.4, 0.5) is 5.69 Å². The van der Waals surface area contributed by atoms with Crippen LogP contribution in [0, 0.1) is 11.3 Å². The lowest BCUT2D eigenvalue weighted by Crippen LogP contribution is -2.02. The number of para-hydroxylation sites is 1. The average molecular weight is 431 g/mol. The average Bonchev–Trinajstić information content (AvgIpc) is 3.28. The molecule has 4 aromatic rings. The van der Waals surface area contributed by atoms with Crippen molar-refractivity contribution in [2.75, 3.05) is 19.5 Å². The molecule has 1 N–H and O–H groups in total. The molecule has 0 atom stereocenters. The van der Waals surface area contributed by atoms with E-state index in [1.165, 1.54) is 11.3 Å². The van der Waals surface area contributed by atoms with E-state index in [2.05, 4.69) is 16.4 Å². The summed E-state index contributed by atoms with van der Waals surface area (Å²) in [6, 6.07) is 16.5. The second kappa shape index (κ2) is 8.73. The summed E-state index contributed by atoms with van der Waals surface area (Å²) in [7, 11) is 3.12. The van der Waals surface area contributed by atoms with Gasteiger partial charge in [0.25, 0.3) is 0 Å². The third-order valence-electron chi connectivity index (χ3n) is 4.54. The molecule has 0 aliphatic rings. The van der Waals surface area contributed by atoms with Gasteiger partial charge in [-0.3, -0.25) is 0 Å². The van der Waals surface area contributed by atoms with Gasteiger partial charge in [0, 0.05) is 28.7 Å². The first-order chi connectivity index (χ1) is 15.1. The number of anilines is 1. The maximum Gasteiger partial charge on any atom is 0.345 e. The van der Waals surface area contributed by atoms with Crippen molar-refractivity contribution in [3.63, 3.8) is 0 Å². The molecule has 0 unspecified atom stereocenters. The molecule has 0 fully saturated rings. The molecular formula is C23H17N3O4S. The number of hydrogen-bond donors (Lipinski definition) is 1. The fourth-order valence-corrected chi connectivity index (χ4v) is 3.77. The summed E-state index contributed by atoms with van der Waals surface area (Å²) < 4.78 is 15.9. The number of nitriles is 1. The smallest absolute Gasteiger partial charge is 0.345 e. The Kier molecular flexibility index (Phi) is 5.69. The van der Waals surface area contributed by atoms with Crippen molar-refractivity contribution < 1.29 is 13.9 Å². The number of allylic oxidation sites excluding steroid dienone is 1. The number of methoxy groups -OCH3 is 2. The molecule has 2 aromatic carbocycles. The van der Waals surface area contributed by atoms with E-state index in [-0.39, 0.29) is 0 Å². The van der Waals surface area contributed by atoms with Crippen LogP contribution in [-0.2, 0) is 0 Å². The molecule has 0 aliphatic heterocycles. The summed E-state index contributed by atoms with van der Waals surface area (Å²) in [5.41, 5.74) is 1.91. The molecule has 0 aliphatic carbocycles. The number of nitrogens with zero attached hydrogens (tertiary/aromatic N) is 2. The van der Waals surface area contributed by atoms with Gasteiger partial charge in [0.05, 0.1) is 25.5 Å². The molecule has 8 heteroatoms. The van der Waals surface area contributed by atoms with Crippen molar-refractivity contribution >= 4 is 33.6 Å². The van der Waals surface area contributed by atoms with Crippen molar-refractivity contribution in [1.82, 2.24) is 4.98 Å². The van der Waals surface area contributed by atoms with Gasteiger partial charge in [-0.1, -0.05) is 18.2 Å². The lowest BCUT2D eigenvalue weighted by atomic mass is 10.1. The van der Waals surface area contributed by atoms with Gasteiger partial charge in [-0.2, -0.15) is 5.26 Å². The molecule has 2 aromatic heterocycles. The molecule has 0 saturated carbocycles. The lowest BCUT2D eigenvalue weighted by molar-refractivity contribution is 0.355. The van der Waals surface area contributed by atoms with E-state index in [9.17, 15) is 10.1 Å². The number of benzene rings is 2. The van der Waals surface area contributed by atoms with Crippen LogP contribution in [0.2, 0.25) is 0 Å². The van der Waals surface area contributed by atoms with Crippen LogP contribution in [0.15, 0.2) is 69.3 Å². The van der Waals surface area contributed by atoms with E-state index in [0.717, 1.165) is 11.1 Å². The second-order valence-corrected chi connectivity index (χ2v) is 7.27. The standard InChI is InChI=1S/C23H17N3O4S/c1-28-20-8-7-16(10-21(20)29-2)25-12-15(11-24)22-26-18(13-31-22)17-9-14-5-3-4-6-19(14)30-23(17)27/h3-10,12-13,25H,1-2H3. The second-order valence-electron chi connectivity index (χ2n) is 6.41. The van der Waals surface area contributed by atoms with E-state index in [4.69, 9.17) is 13.9 Å². The van der Waals surface area contributed by atoms with Crippen molar-refractivity contribution in [2.45, 2.75) is 0 Å². The predicted molar refractivity (Wildman–Crippen MR) is 120 cm³/mol. The van der Waals surface area contributed by atoms with Gasteiger partial charge in [0.15, 0.2) is 11.5 Å². The highest BCUT2D eigenvalue weighted by molar-refractivity contribution is 7.11. The maximum atomic E-state index is 12.4. The minimum atomic E-state index is -0.471. The molecule has 0 saturated heterocycles. The van der Waals surface area contributed by atoms with E-state index < -0.39 is 5.63 Å². The molecule has 4 rings (SSSR count). The fourth-order valence-electron chi connectivity index (χ4n) is 2.99. The first kappa shape index (κ1) is 20.2. The Labute approximate surface area is 181 Å². The molecule has 0 amide bonds. The number of rotatable bonds is 6. The summed E-state index contributed by atoms with van der Waals surface area (Å²) >= 11 is 1.27. The van der Waals surface area contributed by atoms with Crippen molar-refractivity contribution in [3.8, 4) is 28.8 Å². The van der Waals surface area contributed by atoms with Crippen LogP contribution in [0.25, 0.3) is 27.8 Å². The van der Waals surface area contributed by atoms with E-state index in [0.29, 0.717) is 38.9 Å². The fraction of sp³-hybridized carbons (Fsp3) is 0.0870. The summed E-state index contributed by atoms with van der Waals surface area (Å²) in [6.07, 6.45) is 1.56. The normalized spacial score (nSPS) is 11.2. The summed E-state index contributed by atoms with van der Waals surface area (Å²) in [6.45, 7) is 0. The third-order valence-corrected chi connectivity index (χ3v) is 5.41. The largest absolute Gasteiger partial charge is 0.493 e. The number of hydrogen-bond acceptors (Lipinski definition) is 8. The molecule has 0 spiro atoms. The van der Waals surface area contributed by atoms with Gasteiger partial charge >= 0.3 is 5.63 Å². The lowest BCUT2D eigenvalue weighted by Gasteiger charge is -2.09. The minimum absolute atomic E-state index is 0.330. The number of aromatic nitrogens is 1. The predicted octanol–water partition coefficient (Wildman–Crippen LogP) is 4.91. The number of ether oxygens (including phenoxy) is 2. The quantitative estimate of drug-likeness (QED) is 0.342. The molecule has 2 heterocycles. The highest BCUT2D eigenvalue weighted by atomic mass is 32.1. The Balaban J connectivity index is 1.62. The van der Waals surface area contributed by atoms with E-state index in [1.807, 2.05) is 12.1 Å². The molecule has 0 radical (unpaired) electrons. The Morgan fingerprint density at radius 2 is 1.97 bits per heavy atom. The van der Waals surface area contributed by atoms with Crippen LogP contribution in [-0.4, -0.2) is 19.2 Å². The number of thiazole rings is 1. The zero-order valence-corrected chi connectivity index (χ0v) is 17.5. The van der Waals surface area contributed by atoms with Gasteiger partial charge in [-0.15, -0.1) is 11.3 Å². The van der Waals surface area contributed by atoms with Gasteiger partial charge in [-0.05, 0) is 24.3 Å². The van der Waals surface area contributed by atoms with Gasteiger partial charge in [-0.25, -0.2) is 9.78 Å². The Morgan fingerprint density at radius 1 is 1.16 bits per heavy atom. The van der Waals surface area contributed by atoms with Gasteiger partial charge in [0.1, 0.15) is 22.2 Å². The van der Waals surface area contributed by atoms with Gasteiger partial charge in [0.2, 0.25) is 0 Å². The SMILES string of the molecule is COc1ccc(NC=C(C#N)c2nc(-c3cc4ccccc4oc3=O)cs2)cc1OC. The van der Waals surface area contributed by atoms with E-state index >= 15 is 0 Å². The third kappa shape index (κ3) is 4.13. The number of nitrogens with one attached hydrogen (secondary N) is 1. The van der Waals surface area contributed by atoms with Crippen LogP contribution in [0.3, 0.4) is 0 Å². The zero-order chi connectivity index (χ0) is 21.8. The first-order valence-corrected chi connectivity index (χ1v) is 10.1. The van der Waals surface area contributed by atoms with E-state index in [1.54, 1.807) is 62.2 Å². The summed E-state index contributed by atoms with van der Waals surface area (Å²) in [5, 5.41) is 15.7. The van der Waals surface area contributed by atoms with Crippen molar-refractivity contribution in [1.29, 1.82) is 5.26 Å². The molecular weight excluding hydrogens is 414 g/mol. The highest BCUT2D eigenvalue weighted by Gasteiger charge is 2.14. The maximum absolute atomic E-state index is 12.4. The molecule has 0 bridgehead atoms. The van der Waals surface area contributed by atoms with Crippen LogP contribution in [0.1, 0.15) is 5.01 Å². The molecule has 31 heavy (non-hydrogen) atoms. The topological polar surface area (TPSA) is 97.4 Å². The molecule has 7 nitrogen and oxygen atoms in total. The summed E-state index contributed by atoms with van der Waals surface area (Å²) in [4.78, 5) is 16.9. The zero-order valence-electron chi connectivity index (χ0n) is 16.7. The first-order valence-electron chi connectivity index (χ1n) is 9.21. The van der Waals surface area contributed by atoms with Crippen molar-refractivity contribution in [2.24, 2.45) is 0 Å². The van der Waals surface area contributed by atoms with Crippen molar-refractivity contribution in [3.05, 3.63) is 75.5 Å². The molecule has 154 valence electrons. The highest BCUT2D eigenvalue weighted by Crippen LogP contribution is 2.30. The Bertz CT molecular complexity index is 1380. The van der Waals surface area contributed by atoms with Crippen LogP contribution >= 0.6 is 11.3 Å². The number of fused-ring (bicyclic) bond motifs is 1. The Morgan fingerprint density at radius 3 is 2.74 bits per heavy atom. The van der Waals surface area contributed by atoms with Crippen LogP contribution in [0.5, 0.6) is 11.5 Å². The Hall–Kier alpha value is -4.09. The summed E-state index contributed by atoms with van der Waals surface area (Å²) in [5.74, 6) is 1.18. The van der Waals surface area contributed by atoms with Crippen LogP contribution < -0.4 is 20.4 Å². The minimum Gasteiger partial charge on any atom is -0.493 e. The van der Waals surface area contributed by atoms with Gasteiger partial charge < -0.3 is 19.2 Å².